The second kappa shape index (κ2) is 8.54. The minimum absolute atomic E-state index is 0.152. The SMILES string of the molecule is CN(C)c1cccc(-c2ccc(CN[C@@H](C(=O)O)c3ccccc3)c(=O)[nH]2)c1. The van der Waals surface area contributed by atoms with E-state index in [4.69, 9.17) is 0 Å². The number of anilines is 1. The molecule has 1 atom stereocenters. The van der Waals surface area contributed by atoms with E-state index in [2.05, 4.69) is 10.3 Å². The van der Waals surface area contributed by atoms with Gasteiger partial charge in [-0.25, -0.2) is 0 Å². The van der Waals surface area contributed by atoms with E-state index in [9.17, 15) is 14.7 Å². The van der Waals surface area contributed by atoms with E-state index in [0.717, 1.165) is 16.9 Å². The number of aromatic amines is 1. The lowest BCUT2D eigenvalue weighted by Crippen LogP contribution is -2.30. The third kappa shape index (κ3) is 4.47. The highest BCUT2D eigenvalue weighted by Gasteiger charge is 2.19. The van der Waals surface area contributed by atoms with Gasteiger partial charge in [0, 0.05) is 43.1 Å². The van der Waals surface area contributed by atoms with Crippen molar-refractivity contribution < 1.29 is 9.90 Å². The molecule has 0 fully saturated rings. The van der Waals surface area contributed by atoms with Crippen molar-refractivity contribution in [3.63, 3.8) is 0 Å². The molecule has 1 aromatic heterocycles. The molecule has 2 aromatic carbocycles. The summed E-state index contributed by atoms with van der Waals surface area (Å²) >= 11 is 0. The van der Waals surface area contributed by atoms with Gasteiger partial charge in [-0.1, -0.05) is 48.5 Å². The lowest BCUT2D eigenvalue weighted by molar-refractivity contribution is -0.139. The Morgan fingerprint density at radius 2 is 1.82 bits per heavy atom. The number of nitrogens with zero attached hydrogens (tertiary/aromatic N) is 1. The van der Waals surface area contributed by atoms with E-state index < -0.39 is 12.0 Å². The first-order valence-electron chi connectivity index (χ1n) is 8.97. The molecular formula is C22H23N3O3. The molecule has 1 heterocycles. The number of aromatic nitrogens is 1. The maximum atomic E-state index is 12.5. The van der Waals surface area contributed by atoms with Crippen LogP contribution in [0.4, 0.5) is 5.69 Å². The van der Waals surface area contributed by atoms with Gasteiger partial charge < -0.3 is 15.0 Å². The number of benzene rings is 2. The van der Waals surface area contributed by atoms with Gasteiger partial charge in [-0.05, 0) is 23.8 Å². The quantitative estimate of drug-likeness (QED) is 0.589. The summed E-state index contributed by atoms with van der Waals surface area (Å²) in [5.74, 6) is -0.986. The van der Waals surface area contributed by atoms with Crippen LogP contribution in [-0.2, 0) is 11.3 Å². The molecule has 6 heteroatoms. The summed E-state index contributed by atoms with van der Waals surface area (Å²) in [5.41, 5.74) is 3.55. The lowest BCUT2D eigenvalue weighted by Gasteiger charge is -2.15. The molecule has 3 aromatic rings. The summed E-state index contributed by atoms with van der Waals surface area (Å²) in [5, 5.41) is 12.4. The van der Waals surface area contributed by atoms with Crippen LogP contribution in [0.15, 0.2) is 71.5 Å². The molecule has 0 aliphatic rings. The van der Waals surface area contributed by atoms with Gasteiger partial charge in [0.25, 0.3) is 5.56 Å². The van der Waals surface area contributed by atoms with Crippen LogP contribution < -0.4 is 15.8 Å². The number of H-pyrrole nitrogens is 1. The average molecular weight is 377 g/mol. The summed E-state index contributed by atoms with van der Waals surface area (Å²) in [7, 11) is 3.92. The van der Waals surface area contributed by atoms with Gasteiger partial charge in [0.05, 0.1) is 0 Å². The number of carboxylic acids is 1. The molecule has 0 amide bonds. The number of hydrogen-bond donors (Lipinski definition) is 3. The Kier molecular flexibility index (Phi) is 5.91. The van der Waals surface area contributed by atoms with Crippen LogP contribution in [-0.4, -0.2) is 30.2 Å². The number of hydrogen-bond acceptors (Lipinski definition) is 4. The van der Waals surface area contributed by atoms with Crippen molar-refractivity contribution in [3.8, 4) is 11.3 Å². The highest BCUT2D eigenvalue weighted by atomic mass is 16.4. The molecule has 0 unspecified atom stereocenters. The minimum Gasteiger partial charge on any atom is -0.480 e. The van der Waals surface area contributed by atoms with E-state index in [1.165, 1.54) is 0 Å². The number of nitrogens with one attached hydrogen (secondary N) is 2. The number of carboxylic acid groups (broad SMARTS) is 1. The molecule has 0 aliphatic heterocycles. The van der Waals surface area contributed by atoms with Crippen LogP contribution in [0.25, 0.3) is 11.3 Å². The second-order valence-electron chi connectivity index (χ2n) is 6.73. The van der Waals surface area contributed by atoms with Gasteiger partial charge in [-0.15, -0.1) is 0 Å². The standard InChI is InChI=1S/C22H23N3O3/c1-25(2)18-10-6-9-16(13-18)19-12-11-17(21(26)24-19)14-23-20(22(27)28)15-7-4-3-5-8-15/h3-13,20,23H,14H2,1-2H3,(H,24,26)(H,27,28)/t20-/m1/s1. The van der Waals surface area contributed by atoms with Crippen molar-refractivity contribution in [3.05, 3.63) is 88.2 Å². The first-order valence-corrected chi connectivity index (χ1v) is 8.97. The van der Waals surface area contributed by atoms with Crippen molar-refractivity contribution in [1.82, 2.24) is 10.3 Å². The van der Waals surface area contributed by atoms with Gasteiger partial charge in [-0.2, -0.15) is 0 Å². The van der Waals surface area contributed by atoms with Crippen LogP contribution >= 0.6 is 0 Å². The summed E-state index contributed by atoms with van der Waals surface area (Å²) in [6.07, 6.45) is 0. The molecule has 0 aliphatic carbocycles. The van der Waals surface area contributed by atoms with Crippen molar-refractivity contribution >= 4 is 11.7 Å². The predicted octanol–water partition coefficient (Wildman–Crippen LogP) is 3.02. The number of rotatable bonds is 7. The van der Waals surface area contributed by atoms with Crippen LogP contribution in [0.1, 0.15) is 17.2 Å². The smallest absolute Gasteiger partial charge is 0.325 e. The fourth-order valence-corrected chi connectivity index (χ4v) is 2.97. The van der Waals surface area contributed by atoms with E-state index >= 15 is 0 Å². The summed E-state index contributed by atoms with van der Waals surface area (Å²) < 4.78 is 0. The van der Waals surface area contributed by atoms with Crippen LogP contribution in [0.3, 0.4) is 0 Å². The fraction of sp³-hybridized carbons (Fsp3) is 0.182. The highest BCUT2D eigenvalue weighted by molar-refractivity contribution is 5.75. The first kappa shape index (κ1) is 19.4. The molecule has 28 heavy (non-hydrogen) atoms. The Hall–Kier alpha value is -3.38. The Morgan fingerprint density at radius 1 is 1.07 bits per heavy atom. The van der Waals surface area contributed by atoms with Gasteiger partial charge in [0.1, 0.15) is 6.04 Å². The third-order valence-electron chi connectivity index (χ3n) is 4.54. The van der Waals surface area contributed by atoms with Crippen LogP contribution in [0, 0.1) is 0 Å². The molecule has 0 saturated carbocycles. The molecule has 144 valence electrons. The average Bonchev–Trinajstić information content (AvgIpc) is 2.70. The van der Waals surface area contributed by atoms with E-state index in [1.807, 2.05) is 55.4 Å². The zero-order valence-corrected chi connectivity index (χ0v) is 15.8. The summed E-state index contributed by atoms with van der Waals surface area (Å²) in [6, 6.07) is 19.5. The van der Waals surface area contributed by atoms with Gasteiger partial charge in [0.2, 0.25) is 0 Å². The molecular weight excluding hydrogens is 354 g/mol. The topological polar surface area (TPSA) is 85.4 Å². The van der Waals surface area contributed by atoms with Crippen molar-refractivity contribution in [2.75, 3.05) is 19.0 Å². The summed E-state index contributed by atoms with van der Waals surface area (Å²) in [4.78, 5) is 29.0. The number of aliphatic carboxylic acids is 1. The molecule has 3 N–H and O–H groups in total. The molecule has 0 spiro atoms. The van der Waals surface area contributed by atoms with Crippen molar-refractivity contribution in [2.45, 2.75) is 12.6 Å². The van der Waals surface area contributed by atoms with E-state index in [1.54, 1.807) is 30.3 Å². The maximum absolute atomic E-state index is 12.5. The zero-order valence-electron chi connectivity index (χ0n) is 15.8. The zero-order chi connectivity index (χ0) is 20.1. The fourth-order valence-electron chi connectivity index (χ4n) is 2.97. The maximum Gasteiger partial charge on any atom is 0.325 e. The molecule has 0 bridgehead atoms. The molecule has 6 nitrogen and oxygen atoms in total. The third-order valence-corrected chi connectivity index (χ3v) is 4.54. The summed E-state index contributed by atoms with van der Waals surface area (Å²) in [6.45, 7) is 0.152. The molecule has 0 radical (unpaired) electrons. The second-order valence-corrected chi connectivity index (χ2v) is 6.73. The first-order chi connectivity index (χ1) is 13.5. The normalized spacial score (nSPS) is 11.8. The highest BCUT2D eigenvalue weighted by Crippen LogP contribution is 2.21. The van der Waals surface area contributed by atoms with Crippen LogP contribution in [0.5, 0.6) is 0 Å². The van der Waals surface area contributed by atoms with E-state index in [0.29, 0.717) is 11.1 Å². The van der Waals surface area contributed by atoms with E-state index in [-0.39, 0.29) is 12.1 Å². The number of pyridine rings is 1. The van der Waals surface area contributed by atoms with Gasteiger partial charge in [-0.3, -0.25) is 14.9 Å². The number of carbonyl (C=O) groups is 1. The van der Waals surface area contributed by atoms with Gasteiger partial charge >= 0.3 is 5.97 Å². The Labute approximate surface area is 163 Å². The van der Waals surface area contributed by atoms with Gasteiger partial charge in [0.15, 0.2) is 0 Å². The Morgan fingerprint density at radius 3 is 2.46 bits per heavy atom. The molecule has 0 saturated heterocycles. The minimum atomic E-state index is -0.986. The Balaban J connectivity index is 1.78. The van der Waals surface area contributed by atoms with Crippen LogP contribution in [0.2, 0.25) is 0 Å². The largest absolute Gasteiger partial charge is 0.480 e. The van der Waals surface area contributed by atoms with Crippen molar-refractivity contribution in [1.29, 1.82) is 0 Å². The Bertz CT molecular complexity index is 1010. The lowest BCUT2D eigenvalue weighted by atomic mass is 10.1. The monoisotopic (exact) mass is 377 g/mol. The predicted molar refractivity (Wildman–Crippen MR) is 110 cm³/mol. The molecule has 3 rings (SSSR count). The van der Waals surface area contributed by atoms with Crippen molar-refractivity contribution in [2.24, 2.45) is 0 Å².